The molecule has 202 valence electrons. The molecule has 1 aliphatic heterocycles. The molecular formula is C35H29N2O4+. The second kappa shape index (κ2) is 11.1. The topological polar surface area (TPSA) is 63.6 Å². The second-order valence-electron chi connectivity index (χ2n) is 9.65. The standard InChI is InChI=1S/C35H29N2O4/c1-3-36-28-22-26(34(38)24-12-7-5-8-13-24)18-20-30(28)40-32(36)16-11-17-33-37(4-2)29-23-27(19-21-31(29)41-33)35(39)25-14-9-6-10-15-25/h5-23H,3-4H2,1-2H3/q+1. The number of carbonyl (C=O) groups excluding carboxylic acids is 2. The molecule has 0 aliphatic carbocycles. The molecule has 0 amide bonds. The molecule has 0 fully saturated rings. The van der Waals surface area contributed by atoms with E-state index < -0.39 is 0 Å². The normalized spacial score (nSPS) is 13.6. The monoisotopic (exact) mass is 541 g/mol. The van der Waals surface area contributed by atoms with Crippen LogP contribution in [0, 0.1) is 0 Å². The first-order valence-corrected chi connectivity index (χ1v) is 13.7. The number of anilines is 1. The molecule has 0 saturated heterocycles. The highest BCUT2D eigenvalue weighted by Crippen LogP contribution is 2.39. The molecule has 1 aromatic heterocycles. The van der Waals surface area contributed by atoms with E-state index in [0.717, 1.165) is 11.2 Å². The number of carbonyl (C=O) groups is 2. The van der Waals surface area contributed by atoms with Crippen molar-refractivity contribution in [3.05, 3.63) is 143 Å². The molecule has 6 heteroatoms. The van der Waals surface area contributed by atoms with Gasteiger partial charge in [0.05, 0.1) is 11.8 Å². The van der Waals surface area contributed by atoms with Gasteiger partial charge in [-0.25, -0.2) is 0 Å². The van der Waals surface area contributed by atoms with Crippen molar-refractivity contribution >= 4 is 34.4 Å². The van der Waals surface area contributed by atoms with E-state index >= 15 is 0 Å². The van der Waals surface area contributed by atoms with Crippen molar-refractivity contribution < 1.29 is 23.3 Å². The average molecular weight is 542 g/mol. The summed E-state index contributed by atoms with van der Waals surface area (Å²) in [6, 6.07) is 29.6. The number of aromatic nitrogens is 1. The van der Waals surface area contributed by atoms with E-state index in [9.17, 15) is 9.59 Å². The number of ether oxygens (including phenoxy) is 1. The van der Waals surface area contributed by atoms with Gasteiger partial charge in [-0.3, -0.25) is 9.59 Å². The summed E-state index contributed by atoms with van der Waals surface area (Å²) in [6.45, 7) is 5.43. The van der Waals surface area contributed by atoms with E-state index in [4.69, 9.17) is 9.15 Å². The van der Waals surface area contributed by atoms with Crippen LogP contribution in [0.5, 0.6) is 5.75 Å². The fourth-order valence-corrected chi connectivity index (χ4v) is 5.11. The van der Waals surface area contributed by atoms with E-state index in [1.165, 1.54) is 0 Å². The molecule has 0 unspecified atom stereocenters. The summed E-state index contributed by atoms with van der Waals surface area (Å²) in [6.07, 6.45) is 5.67. The van der Waals surface area contributed by atoms with Gasteiger partial charge in [-0.05, 0) is 56.3 Å². The Hall–Kier alpha value is -5.23. The third-order valence-corrected chi connectivity index (χ3v) is 7.17. The molecular weight excluding hydrogens is 512 g/mol. The van der Waals surface area contributed by atoms with Crippen LogP contribution in [0.4, 0.5) is 5.69 Å². The molecule has 0 saturated carbocycles. The fraction of sp³-hybridized carbons (Fsp3) is 0.114. The van der Waals surface area contributed by atoms with Crippen LogP contribution in [0.3, 0.4) is 0 Å². The van der Waals surface area contributed by atoms with E-state index in [0.29, 0.717) is 58.4 Å². The quantitative estimate of drug-likeness (QED) is 0.157. The largest absolute Gasteiger partial charge is 0.439 e. The average Bonchev–Trinajstić information content (AvgIpc) is 3.57. The molecule has 5 aromatic rings. The summed E-state index contributed by atoms with van der Waals surface area (Å²) < 4.78 is 14.3. The third kappa shape index (κ3) is 4.96. The zero-order valence-electron chi connectivity index (χ0n) is 22.9. The Kier molecular flexibility index (Phi) is 7.04. The lowest BCUT2D eigenvalue weighted by molar-refractivity contribution is -0.674. The molecule has 2 heterocycles. The van der Waals surface area contributed by atoms with Gasteiger partial charge in [0, 0.05) is 34.9 Å². The summed E-state index contributed by atoms with van der Waals surface area (Å²) in [4.78, 5) is 28.0. The lowest BCUT2D eigenvalue weighted by Crippen LogP contribution is -2.33. The van der Waals surface area contributed by atoms with Crippen molar-refractivity contribution in [3.63, 3.8) is 0 Å². The van der Waals surface area contributed by atoms with Crippen molar-refractivity contribution in [1.82, 2.24) is 0 Å². The van der Waals surface area contributed by atoms with Gasteiger partial charge < -0.3 is 14.1 Å². The number of allylic oxidation sites excluding steroid dienone is 2. The van der Waals surface area contributed by atoms with Crippen LogP contribution in [0.15, 0.2) is 120 Å². The Morgan fingerprint density at radius 3 is 2.05 bits per heavy atom. The summed E-state index contributed by atoms with van der Waals surface area (Å²) >= 11 is 0. The van der Waals surface area contributed by atoms with Gasteiger partial charge in [0.15, 0.2) is 17.3 Å². The van der Waals surface area contributed by atoms with Crippen LogP contribution in [0.25, 0.3) is 17.2 Å². The minimum atomic E-state index is -0.0237. The maximum atomic E-state index is 13.0. The molecule has 0 bridgehead atoms. The Morgan fingerprint density at radius 2 is 1.41 bits per heavy atom. The molecule has 6 nitrogen and oxygen atoms in total. The summed E-state index contributed by atoms with van der Waals surface area (Å²) in [5.41, 5.74) is 4.96. The number of rotatable bonds is 8. The summed E-state index contributed by atoms with van der Waals surface area (Å²) in [5.74, 6) is 1.99. The van der Waals surface area contributed by atoms with Crippen molar-refractivity contribution in [3.8, 4) is 5.75 Å². The van der Waals surface area contributed by atoms with Crippen molar-refractivity contribution in [2.24, 2.45) is 0 Å². The maximum Gasteiger partial charge on any atom is 0.374 e. The lowest BCUT2D eigenvalue weighted by Gasteiger charge is -2.15. The molecule has 0 N–H and O–H groups in total. The predicted octanol–water partition coefficient (Wildman–Crippen LogP) is 6.98. The number of ketones is 2. The Bertz CT molecular complexity index is 1820. The van der Waals surface area contributed by atoms with Gasteiger partial charge in [-0.1, -0.05) is 60.7 Å². The Labute approximate surface area is 238 Å². The SMILES string of the molecule is CCN1C(=CC=Cc2oc3ccc(C(=O)c4ccccc4)cc3[n+]2CC)Oc2ccc(C(=O)c3ccccc3)cc21. The van der Waals surface area contributed by atoms with Crippen LogP contribution in [0.2, 0.25) is 0 Å². The highest BCUT2D eigenvalue weighted by Gasteiger charge is 2.26. The van der Waals surface area contributed by atoms with Crippen LogP contribution >= 0.6 is 0 Å². The highest BCUT2D eigenvalue weighted by molar-refractivity contribution is 6.10. The molecule has 6 rings (SSSR count). The van der Waals surface area contributed by atoms with Crippen LogP contribution < -0.4 is 14.2 Å². The lowest BCUT2D eigenvalue weighted by atomic mass is 10.0. The third-order valence-electron chi connectivity index (χ3n) is 7.17. The number of oxazole rings is 1. The fourth-order valence-electron chi connectivity index (χ4n) is 5.11. The van der Waals surface area contributed by atoms with Crippen molar-refractivity contribution in [2.45, 2.75) is 20.4 Å². The number of benzene rings is 4. The summed E-state index contributed by atoms with van der Waals surface area (Å²) in [7, 11) is 0. The van der Waals surface area contributed by atoms with Gasteiger partial charge in [0.2, 0.25) is 11.5 Å². The Balaban J connectivity index is 1.26. The summed E-state index contributed by atoms with van der Waals surface area (Å²) in [5, 5.41) is 0. The Morgan fingerprint density at radius 1 is 0.780 bits per heavy atom. The van der Waals surface area contributed by atoms with Gasteiger partial charge in [0.1, 0.15) is 6.54 Å². The predicted molar refractivity (Wildman–Crippen MR) is 159 cm³/mol. The first-order valence-electron chi connectivity index (χ1n) is 13.7. The molecule has 1 aliphatic rings. The van der Waals surface area contributed by atoms with E-state index in [1.807, 2.05) is 126 Å². The molecule has 4 aromatic carbocycles. The molecule has 41 heavy (non-hydrogen) atoms. The van der Waals surface area contributed by atoms with E-state index in [2.05, 4.69) is 0 Å². The maximum absolute atomic E-state index is 13.0. The zero-order valence-corrected chi connectivity index (χ0v) is 22.9. The smallest absolute Gasteiger partial charge is 0.374 e. The molecule has 0 spiro atoms. The highest BCUT2D eigenvalue weighted by atomic mass is 16.5. The first-order chi connectivity index (χ1) is 20.1. The van der Waals surface area contributed by atoms with E-state index in [1.54, 1.807) is 12.1 Å². The van der Waals surface area contributed by atoms with Crippen molar-refractivity contribution in [1.29, 1.82) is 0 Å². The number of aryl methyl sites for hydroxylation is 1. The molecule has 0 atom stereocenters. The van der Waals surface area contributed by atoms with Crippen LogP contribution in [-0.2, 0) is 6.54 Å². The molecule has 0 radical (unpaired) electrons. The number of fused-ring (bicyclic) bond motifs is 2. The minimum Gasteiger partial charge on any atom is -0.439 e. The van der Waals surface area contributed by atoms with Gasteiger partial charge in [-0.2, -0.15) is 4.57 Å². The van der Waals surface area contributed by atoms with Crippen molar-refractivity contribution in [2.75, 3.05) is 11.4 Å². The number of hydrogen-bond donors (Lipinski definition) is 0. The van der Waals surface area contributed by atoms with Gasteiger partial charge >= 0.3 is 5.89 Å². The number of hydrogen-bond acceptors (Lipinski definition) is 5. The van der Waals surface area contributed by atoms with Gasteiger partial charge in [0.25, 0.3) is 5.52 Å². The van der Waals surface area contributed by atoms with Crippen LogP contribution in [-0.4, -0.2) is 18.1 Å². The number of nitrogens with zero attached hydrogens (tertiary/aromatic N) is 2. The van der Waals surface area contributed by atoms with E-state index in [-0.39, 0.29) is 11.6 Å². The van der Waals surface area contributed by atoms with Crippen LogP contribution in [0.1, 0.15) is 51.6 Å². The zero-order chi connectivity index (χ0) is 28.3. The first kappa shape index (κ1) is 26.0. The van der Waals surface area contributed by atoms with Gasteiger partial charge in [-0.15, -0.1) is 0 Å². The second-order valence-corrected chi connectivity index (χ2v) is 9.65. The minimum absolute atomic E-state index is 0.0237.